The van der Waals surface area contributed by atoms with Gasteiger partial charge in [-0.25, -0.2) is 0 Å². The second-order valence-electron chi connectivity index (χ2n) is 4.55. The van der Waals surface area contributed by atoms with Gasteiger partial charge in [0.1, 0.15) is 5.75 Å². The van der Waals surface area contributed by atoms with Gasteiger partial charge >= 0.3 is 0 Å². The van der Waals surface area contributed by atoms with Crippen molar-refractivity contribution in [2.75, 3.05) is 0 Å². The van der Waals surface area contributed by atoms with Gasteiger partial charge in [0.25, 0.3) is 5.56 Å². The number of rotatable bonds is 4. The van der Waals surface area contributed by atoms with Gasteiger partial charge in [-0.1, -0.05) is 6.07 Å². The summed E-state index contributed by atoms with van der Waals surface area (Å²) in [5.41, 5.74) is 2.14. The zero-order valence-corrected chi connectivity index (χ0v) is 11.7. The molecule has 1 N–H and O–H groups in total. The summed E-state index contributed by atoms with van der Waals surface area (Å²) in [4.78, 5) is 14.5. The van der Waals surface area contributed by atoms with Gasteiger partial charge in [-0.05, 0) is 49.7 Å². The van der Waals surface area contributed by atoms with E-state index in [0.29, 0.717) is 5.56 Å². The molecular weight excluding hydrogens is 262 g/mol. The third-order valence-electron chi connectivity index (χ3n) is 2.67. The maximum atomic E-state index is 11.7. The van der Waals surface area contributed by atoms with Gasteiger partial charge in [0.2, 0.25) is 0 Å². The summed E-state index contributed by atoms with van der Waals surface area (Å²) in [7, 11) is 0. The monoisotopic (exact) mass is 277 g/mol. The number of nitrogens with one attached hydrogen (secondary N) is 1. The second-order valence-corrected chi connectivity index (χ2v) is 4.82. The summed E-state index contributed by atoms with van der Waals surface area (Å²) >= 11 is 5.66. The van der Waals surface area contributed by atoms with Gasteiger partial charge in [-0.15, -0.1) is 11.6 Å². The van der Waals surface area contributed by atoms with E-state index in [1.54, 1.807) is 6.07 Å². The lowest BCUT2D eigenvalue weighted by molar-refractivity contribution is 0.242. The number of alkyl halides is 1. The molecule has 0 fully saturated rings. The molecule has 0 aliphatic carbocycles. The first-order valence-electron chi connectivity index (χ1n) is 6.15. The Kier molecular flexibility index (Phi) is 4.27. The van der Waals surface area contributed by atoms with Crippen LogP contribution in [-0.4, -0.2) is 11.1 Å². The minimum atomic E-state index is -0.144. The minimum absolute atomic E-state index is 0.144. The maximum absolute atomic E-state index is 11.7. The number of aromatic amines is 1. The first kappa shape index (κ1) is 13.7. The van der Waals surface area contributed by atoms with Crippen molar-refractivity contribution in [1.82, 2.24) is 4.98 Å². The third-order valence-corrected chi connectivity index (χ3v) is 2.96. The quantitative estimate of drug-likeness (QED) is 0.868. The Labute approximate surface area is 117 Å². The molecule has 0 radical (unpaired) electrons. The number of hydrogen-bond acceptors (Lipinski definition) is 2. The molecule has 0 spiro atoms. The van der Waals surface area contributed by atoms with Crippen LogP contribution in [0.4, 0.5) is 0 Å². The molecule has 100 valence electrons. The van der Waals surface area contributed by atoms with Crippen molar-refractivity contribution in [3.05, 3.63) is 52.3 Å². The highest BCUT2D eigenvalue weighted by molar-refractivity contribution is 6.17. The van der Waals surface area contributed by atoms with Crippen LogP contribution in [-0.2, 0) is 5.88 Å². The van der Waals surface area contributed by atoms with Crippen LogP contribution in [0.25, 0.3) is 11.3 Å². The molecule has 2 aromatic rings. The molecule has 0 amide bonds. The summed E-state index contributed by atoms with van der Waals surface area (Å²) in [5, 5.41) is 0. The van der Waals surface area contributed by atoms with Crippen LogP contribution in [0.3, 0.4) is 0 Å². The fourth-order valence-electron chi connectivity index (χ4n) is 1.76. The fourth-order valence-corrected chi connectivity index (χ4v) is 1.97. The summed E-state index contributed by atoms with van der Waals surface area (Å²) in [5.74, 6) is 1.04. The molecule has 1 heterocycles. The van der Waals surface area contributed by atoms with E-state index in [0.717, 1.165) is 17.0 Å². The largest absolute Gasteiger partial charge is 0.491 e. The van der Waals surface area contributed by atoms with Crippen LogP contribution in [0.2, 0.25) is 0 Å². The molecule has 2 rings (SSSR count). The Morgan fingerprint density at radius 1 is 1.16 bits per heavy atom. The fraction of sp³-hybridized carbons (Fsp3) is 0.267. The number of H-pyrrole nitrogens is 1. The Bertz CT molecular complexity index is 602. The highest BCUT2D eigenvalue weighted by Crippen LogP contribution is 2.20. The SMILES string of the molecule is CC(C)Oc1ccc(-c2ccc(CCl)c(=O)[nH]2)cc1. The first-order chi connectivity index (χ1) is 9.10. The van der Waals surface area contributed by atoms with E-state index in [4.69, 9.17) is 16.3 Å². The third kappa shape index (κ3) is 3.38. The van der Waals surface area contributed by atoms with Crippen LogP contribution >= 0.6 is 11.6 Å². The van der Waals surface area contributed by atoms with Crippen LogP contribution in [0.1, 0.15) is 19.4 Å². The molecule has 1 aromatic carbocycles. The summed E-state index contributed by atoms with van der Waals surface area (Å²) in [6.45, 7) is 3.96. The average molecular weight is 278 g/mol. The van der Waals surface area contributed by atoms with Gasteiger partial charge in [0.05, 0.1) is 12.0 Å². The molecule has 0 saturated carbocycles. The van der Waals surface area contributed by atoms with Crippen molar-refractivity contribution in [2.45, 2.75) is 25.8 Å². The molecule has 4 heteroatoms. The first-order valence-corrected chi connectivity index (χ1v) is 6.69. The highest BCUT2D eigenvalue weighted by Gasteiger charge is 2.03. The van der Waals surface area contributed by atoms with Crippen LogP contribution in [0.5, 0.6) is 5.75 Å². The van der Waals surface area contributed by atoms with Crippen molar-refractivity contribution < 1.29 is 4.74 Å². The number of aromatic nitrogens is 1. The van der Waals surface area contributed by atoms with Gasteiger partial charge in [0, 0.05) is 11.3 Å². The van der Waals surface area contributed by atoms with Crippen molar-refractivity contribution >= 4 is 11.6 Å². The van der Waals surface area contributed by atoms with Gasteiger partial charge < -0.3 is 9.72 Å². The highest BCUT2D eigenvalue weighted by atomic mass is 35.5. The van der Waals surface area contributed by atoms with Gasteiger partial charge in [-0.2, -0.15) is 0 Å². The van der Waals surface area contributed by atoms with Crippen molar-refractivity contribution in [3.8, 4) is 17.0 Å². The molecule has 0 atom stereocenters. The van der Waals surface area contributed by atoms with Crippen LogP contribution < -0.4 is 10.3 Å². The van der Waals surface area contributed by atoms with E-state index in [1.807, 2.05) is 44.2 Å². The normalized spacial score (nSPS) is 10.7. The van der Waals surface area contributed by atoms with Crippen molar-refractivity contribution in [3.63, 3.8) is 0 Å². The zero-order valence-electron chi connectivity index (χ0n) is 10.9. The molecule has 0 unspecified atom stereocenters. The predicted octanol–water partition coefficient (Wildman–Crippen LogP) is 3.57. The summed E-state index contributed by atoms with van der Waals surface area (Å²) in [6, 6.07) is 11.2. The summed E-state index contributed by atoms with van der Waals surface area (Å²) in [6.07, 6.45) is 0.147. The Morgan fingerprint density at radius 2 is 1.84 bits per heavy atom. The Balaban J connectivity index is 2.27. The van der Waals surface area contributed by atoms with E-state index in [9.17, 15) is 4.79 Å². The zero-order chi connectivity index (χ0) is 13.8. The lowest BCUT2D eigenvalue weighted by Gasteiger charge is -2.10. The smallest absolute Gasteiger partial charge is 0.252 e. The minimum Gasteiger partial charge on any atom is -0.491 e. The Morgan fingerprint density at radius 3 is 2.37 bits per heavy atom. The molecule has 0 bridgehead atoms. The number of ether oxygens (including phenoxy) is 1. The van der Waals surface area contributed by atoms with Crippen molar-refractivity contribution in [1.29, 1.82) is 0 Å². The maximum Gasteiger partial charge on any atom is 0.252 e. The standard InChI is InChI=1S/C15H16ClNO2/c1-10(2)19-13-6-3-11(4-7-13)14-8-5-12(9-16)15(18)17-14/h3-8,10H,9H2,1-2H3,(H,17,18). The van der Waals surface area contributed by atoms with Gasteiger partial charge in [-0.3, -0.25) is 4.79 Å². The molecule has 19 heavy (non-hydrogen) atoms. The molecule has 1 aromatic heterocycles. The Hall–Kier alpha value is -1.74. The summed E-state index contributed by atoms with van der Waals surface area (Å²) < 4.78 is 5.58. The van der Waals surface area contributed by atoms with E-state index in [1.165, 1.54) is 0 Å². The number of benzene rings is 1. The molecule has 0 saturated heterocycles. The lowest BCUT2D eigenvalue weighted by atomic mass is 10.1. The van der Waals surface area contributed by atoms with E-state index in [2.05, 4.69) is 4.98 Å². The molecular formula is C15H16ClNO2. The van der Waals surface area contributed by atoms with E-state index >= 15 is 0 Å². The number of pyridine rings is 1. The van der Waals surface area contributed by atoms with E-state index < -0.39 is 0 Å². The van der Waals surface area contributed by atoms with Crippen LogP contribution in [0.15, 0.2) is 41.2 Å². The lowest BCUT2D eigenvalue weighted by Crippen LogP contribution is -2.11. The van der Waals surface area contributed by atoms with Crippen molar-refractivity contribution in [2.24, 2.45) is 0 Å². The average Bonchev–Trinajstić information content (AvgIpc) is 2.39. The predicted molar refractivity (Wildman–Crippen MR) is 77.8 cm³/mol. The number of halogens is 1. The molecule has 3 nitrogen and oxygen atoms in total. The second kappa shape index (κ2) is 5.93. The van der Waals surface area contributed by atoms with E-state index in [-0.39, 0.29) is 17.5 Å². The van der Waals surface area contributed by atoms with Gasteiger partial charge in [0.15, 0.2) is 0 Å². The molecule has 0 aliphatic heterocycles. The van der Waals surface area contributed by atoms with Crippen LogP contribution in [0, 0.1) is 0 Å². The number of hydrogen-bond donors (Lipinski definition) is 1. The topological polar surface area (TPSA) is 42.1 Å². The molecule has 0 aliphatic rings.